The van der Waals surface area contributed by atoms with Crippen molar-refractivity contribution in [1.82, 2.24) is 20.2 Å². The van der Waals surface area contributed by atoms with Crippen LogP contribution in [0.2, 0.25) is 0 Å². The molecule has 6 rings (SSSR count). The number of nitrogens with one attached hydrogen (secondary N) is 3. The highest BCUT2D eigenvalue weighted by Gasteiger charge is 2.20. The molecule has 1 aliphatic rings. The lowest BCUT2D eigenvalue weighted by Crippen LogP contribution is -2.40. The quantitative estimate of drug-likeness (QED) is 0.426. The Hall–Kier alpha value is -3.64. The maximum absolute atomic E-state index is 5.25. The molecule has 6 nitrogen and oxygen atoms in total. The predicted octanol–water partition coefficient (Wildman–Crippen LogP) is 4.58. The number of ether oxygens (including phenoxy) is 1. The number of anilines is 1. The molecule has 29 heavy (non-hydrogen) atoms. The van der Waals surface area contributed by atoms with Crippen molar-refractivity contribution in [3.05, 3.63) is 66.9 Å². The summed E-state index contributed by atoms with van der Waals surface area (Å²) >= 11 is 0. The molecule has 0 bridgehead atoms. The summed E-state index contributed by atoms with van der Waals surface area (Å²) in [6.07, 6.45) is 1.92. The third kappa shape index (κ3) is 2.85. The lowest BCUT2D eigenvalue weighted by molar-refractivity contribution is 0.0210. The Bertz CT molecular complexity index is 1320. The van der Waals surface area contributed by atoms with Crippen LogP contribution in [0.4, 0.5) is 5.82 Å². The van der Waals surface area contributed by atoms with Crippen LogP contribution in [0.15, 0.2) is 66.9 Å². The minimum atomic E-state index is 0.333. The van der Waals surface area contributed by atoms with Crippen LogP contribution in [-0.2, 0) is 4.74 Å². The molecule has 0 unspecified atom stereocenters. The third-order valence-corrected chi connectivity index (χ3v) is 5.43. The second kappa shape index (κ2) is 6.46. The highest BCUT2D eigenvalue weighted by molar-refractivity contribution is 5.94. The van der Waals surface area contributed by atoms with Gasteiger partial charge in [-0.1, -0.05) is 36.4 Å². The molecule has 0 radical (unpaired) electrons. The molecular weight excluding hydrogens is 362 g/mol. The summed E-state index contributed by atoms with van der Waals surface area (Å²) in [6, 6.07) is 21.3. The lowest BCUT2D eigenvalue weighted by atomic mass is 10.0. The number of hydrogen-bond donors (Lipinski definition) is 3. The Morgan fingerprint density at radius 3 is 2.66 bits per heavy atom. The first-order valence-corrected chi connectivity index (χ1v) is 9.70. The zero-order valence-corrected chi connectivity index (χ0v) is 15.6. The van der Waals surface area contributed by atoms with E-state index in [1.54, 1.807) is 0 Å². The van der Waals surface area contributed by atoms with Gasteiger partial charge in [-0.05, 0) is 35.4 Å². The molecule has 3 aromatic heterocycles. The van der Waals surface area contributed by atoms with E-state index in [1.165, 1.54) is 0 Å². The van der Waals surface area contributed by atoms with E-state index in [1.807, 2.05) is 24.4 Å². The number of nitrogens with zero attached hydrogens (tertiary/aromatic N) is 2. The van der Waals surface area contributed by atoms with Crippen LogP contribution in [0.3, 0.4) is 0 Å². The SMILES string of the molecule is c1ccc(-c2cc3cc(-c4ccc5[nH]nc(NC6COC6)c5c4)cnc3[nH]2)cc1. The molecule has 4 heterocycles. The smallest absolute Gasteiger partial charge is 0.156 e. The molecule has 6 heteroatoms. The molecule has 1 fully saturated rings. The van der Waals surface area contributed by atoms with Crippen molar-refractivity contribution in [2.45, 2.75) is 6.04 Å². The minimum absolute atomic E-state index is 0.333. The predicted molar refractivity (Wildman–Crippen MR) is 115 cm³/mol. The zero-order valence-electron chi connectivity index (χ0n) is 15.6. The molecule has 2 aromatic carbocycles. The van der Waals surface area contributed by atoms with Gasteiger partial charge in [0.05, 0.1) is 24.8 Å². The van der Waals surface area contributed by atoms with E-state index >= 15 is 0 Å². The van der Waals surface area contributed by atoms with Gasteiger partial charge in [0.1, 0.15) is 5.65 Å². The van der Waals surface area contributed by atoms with E-state index in [0.717, 1.165) is 63.4 Å². The third-order valence-electron chi connectivity index (χ3n) is 5.43. The highest BCUT2D eigenvalue weighted by Crippen LogP contribution is 2.30. The average Bonchev–Trinajstić information content (AvgIpc) is 3.34. The Morgan fingerprint density at radius 2 is 1.83 bits per heavy atom. The molecule has 0 amide bonds. The Balaban J connectivity index is 1.39. The number of benzene rings is 2. The van der Waals surface area contributed by atoms with E-state index in [4.69, 9.17) is 4.74 Å². The molecule has 0 atom stereocenters. The van der Waals surface area contributed by atoms with Crippen molar-refractivity contribution >= 4 is 27.8 Å². The number of aromatic amines is 2. The Kier molecular flexibility index (Phi) is 3.64. The van der Waals surface area contributed by atoms with Crippen molar-refractivity contribution in [2.24, 2.45) is 0 Å². The second-order valence-electron chi connectivity index (χ2n) is 7.42. The van der Waals surface area contributed by atoms with Crippen LogP contribution in [0, 0.1) is 0 Å². The molecule has 0 saturated carbocycles. The van der Waals surface area contributed by atoms with Gasteiger partial charge in [0.25, 0.3) is 0 Å². The standard InChI is InChI=1S/C23H19N5O/c1-2-4-14(5-3-1)21-10-16-8-17(11-24-22(16)26-21)15-6-7-20-19(9-15)23(28-27-20)25-18-12-29-13-18/h1-11,18H,12-13H2,(H,24,26)(H2,25,27,28). The highest BCUT2D eigenvalue weighted by atomic mass is 16.5. The summed E-state index contributed by atoms with van der Waals surface area (Å²) in [4.78, 5) is 8.07. The van der Waals surface area contributed by atoms with Crippen molar-refractivity contribution in [1.29, 1.82) is 0 Å². The summed E-state index contributed by atoms with van der Waals surface area (Å²) in [5.41, 5.74) is 6.33. The minimum Gasteiger partial charge on any atom is -0.377 e. The van der Waals surface area contributed by atoms with Gasteiger partial charge in [0.15, 0.2) is 5.82 Å². The van der Waals surface area contributed by atoms with Crippen LogP contribution in [0.25, 0.3) is 44.3 Å². The van der Waals surface area contributed by atoms with Crippen LogP contribution in [0.1, 0.15) is 0 Å². The first-order valence-electron chi connectivity index (χ1n) is 9.70. The summed E-state index contributed by atoms with van der Waals surface area (Å²) in [6.45, 7) is 1.46. The fourth-order valence-corrected chi connectivity index (χ4v) is 3.76. The number of aromatic nitrogens is 4. The number of H-pyrrole nitrogens is 2. The molecule has 142 valence electrons. The first-order chi connectivity index (χ1) is 14.3. The summed E-state index contributed by atoms with van der Waals surface area (Å²) in [7, 11) is 0. The van der Waals surface area contributed by atoms with Gasteiger partial charge in [0.2, 0.25) is 0 Å². The number of pyridine rings is 1. The molecular formula is C23H19N5O. The number of hydrogen-bond acceptors (Lipinski definition) is 4. The van der Waals surface area contributed by atoms with Crippen LogP contribution in [-0.4, -0.2) is 39.4 Å². The van der Waals surface area contributed by atoms with Crippen LogP contribution in [0.5, 0.6) is 0 Å². The van der Waals surface area contributed by atoms with Crippen molar-refractivity contribution in [3.8, 4) is 22.4 Å². The first kappa shape index (κ1) is 16.3. The maximum Gasteiger partial charge on any atom is 0.156 e. The van der Waals surface area contributed by atoms with Crippen LogP contribution >= 0.6 is 0 Å². The fraction of sp³-hybridized carbons (Fsp3) is 0.130. The van der Waals surface area contributed by atoms with Gasteiger partial charge in [-0.15, -0.1) is 0 Å². The Labute approximate surface area is 166 Å². The van der Waals surface area contributed by atoms with E-state index < -0.39 is 0 Å². The van der Waals surface area contributed by atoms with E-state index in [0.29, 0.717) is 6.04 Å². The van der Waals surface area contributed by atoms with Gasteiger partial charge < -0.3 is 15.0 Å². The molecule has 3 N–H and O–H groups in total. The summed E-state index contributed by atoms with van der Waals surface area (Å²) in [5.74, 6) is 0.872. The van der Waals surface area contributed by atoms with Gasteiger partial charge in [-0.25, -0.2) is 4.98 Å². The van der Waals surface area contributed by atoms with Crippen molar-refractivity contribution in [3.63, 3.8) is 0 Å². The van der Waals surface area contributed by atoms with Gasteiger partial charge in [-0.2, -0.15) is 5.10 Å². The number of rotatable bonds is 4. The van der Waals surface area contributed by atoms with Gasteiger partial charge >= 0.3 is 0 Å². The topological polar surface area (TPSA) is 78.6 Å². The second-order valence-corrected chi connectivity index (χ2v) is 7.42. The molecule has 1 saturated heterocycles. The van der Waals surface area contributed by atoms with E-state index in [2.05, 4.69) is 67.9 Å². The fourth-order valence-electron chi connectivity index (χ4n) is 3.76. The summed E-state index contributed by atoms with van der Waals surface area (Å²) < 4.78 is 5.25. The van der Waals surface area contributed by atoms with Gasteiger partial charge in [0, 0.05) is 28.2 Å². The van der Waals surface area contributed by atoms with E-state index in [-0.39, 0.29) is 0 Å². The molecule has 5 aromatic rings. The van der Waals surface area contributed by atoms with Crippen molar-refractivity contribution < 1.29 is 4.74 Å². The molecule has 0 aliphatic carbocycles. The molecule has 0 spiro atoms. The average molecular weight is 381 g/mol. The largest absolute Gasteiger partial charge is 0.377 e. The zero-order chi connectivity index (χ0) is 19.2. The Morgan fingerprint density at radius 1 is 0.931 bits per heavy atom. The van der Waals surface area contributed by atoms with Gasteiger partial charge in [-0.3, -0.25) is 5.10 Å². The number of fused-ring (bicyclic) bond motifs is 2. The van der Waals surface area contributed by atoms with E-state index in [9.17, 15) is 0 Å². The summed E-state index contributed by atoms with van der Waals surface area (Å²) in [5, 5.41) is 13.1. The lowest BCUT2D eigenvalue weighted by Gasteiger charge is -2.26. The maximum atomic E-state index is 5.25. The van der Waals surface area contributed by atoms with Crippen molar-refractivity contribution in [2.75, 3.05) is 18.5 Å². The van der Waals surface area contributed by atoms with Crippen LogP contribution < -0.4 is 5.32 Å². The molecule has 1 aliphatic heterocycles. The normalized spacial score (nSPS) is 14.3. The monoisotopic (exact) mass is 381 g/mol.